The Bertz CT molecular complexity index is 705. The highest BCUT2D eigenvalue weighted by Crippen LogP contribution is 2.26. The highest BCUT2D eigenvalue weighted by Gasteiger charge is 2.07. The maximum absolute atomic E-state index is 12.0. The molecule has 0 unspecified atom stereocenters. The standard InChI is InChI=1S/C17H18Cl2N2O2/c1-11-3-6-16(23-2)15(9-11)20-8-7-17(22)21-14-5-4-12(18)10-13(14)19/h3-6,9-10,20H,7-8H2,1-2H3,(H,21,22). The summed E-state index contributed by atoms with van der Waals surface area (Å²) in [6.07, 6.45) is 0.302. The van der Waals surface area contributed by atoms with Gasteiger partial charge in [0.2, 0.25) is 5.91 Å². The number of carbonyl (C=O) groups excluding carboxylic acids is 1. The maximum Gasteiger partial charge on any atom is 0.226 e. The van der Waals surface area contributed by atoms with E-state index in [1.54, 1.807) is 25.3 Å². The van der Waals surface area contributed by atoms with Crippen molar-refractivity contribution in [2.45, 2.75) is 13.3 Å². The topological polar surface area (TPSA) is 50.4 Å². The van der Waals surface area contributed by atoms with Crippen LogP contribution in [-0.4, -0.2) is 19.6 Å². The second kappa shape index (κ2) is 8.09. The van der Waals surface area contributed by atoms with Gasteiger partial charge in [0.05, 0.1) is 23.5 Å². The van der Waals surface area contributed by atoms with E-state index in [-0.39, 0.29) is 5.91 Å². The van der Waals surface area contributed by atoms with Gasteiger partial charge in [-0.15, -0.1) is 0 Å². The number of rotatable bonds is 6. The summed E-state index contributed by atoms with van der Waals surface area (Å²) >= 11 is 11.9. The van der Waals surface area contributed by atoms with Crippen LogP contribution in [0.15, 0.2) is 36.4 Å². The second-order valence-corrected chi connectivity index (χ2v) is 5.90. The fourth-order valence-corrected chi connectivity index (χ4v) is 2.53. The molecule has 1 amide bonds. The highest BCUT2D eigenvalue weighted by molar-refractivity contribution is 6.36. The second-order valence-electron chi connectivity index (χ2n) is 5.05. The van der Waals surface area contributed by atoms with Crippen LogP contribution in [0.4, 0.5) is 11.4 Å². The van der Waals surface area contributed by atoms with Crippen LogP contribution < -0.4 is 15.4 Å². The summed E-state index contributed by atoms with van der Waals surface area (Å²) in [5.74, 6) is 0.616. The molecule has 0 aliphatic carbocycles. The lowest BCUT2D eigenvalue weighted by Crippen LogP contribution is -2.16. The van der Waals surface area contributed by atoms with E-state index in [0.717, 1.165) is 17.0 Å². The number of amides is 1. The number of anilines is 2. The van der Waals surface area contributed by atoms with Gasteiger partial charge in [-0.25, -0.2) is 0 Å². The lowest BCUT2D eigenvalue weighted by atomic mass is 10.2. The first-order valence-electron chi connectivity index (χ1n) is 7.13. The van der Waals surface area contributed by atoms with Gasteiger partial charge in [0, 0.05) is 18.0 Å². The molecule has 0 saturated carbocycles. The van der Waals surface area contributed by atoms with Crippen LogP contribution in [0.1, 0.15) is 12.0 Å². The van der Waals surface area contributed by atoms with E-state index in [4.69, 9.17) is 27.9 Å². The Hall–Kier alpha value is -1.91. The smallest absolute Gasteiger partial charge is 0.226 e. The lowest BCUT2D eigenvalue weighted by Gasteiger charge is -2.12. The van der Waals surface area contributed by atoms with Gasteiger partial charge >= 0.3 is 0 Å². The third-order valence-corrected chi connectivity index (χ3v) is 3.78. The van der Waals surface area contributed by atoms with Gasteiger partial charge in [-0.2, -0.15) is 0 Å². The normalized spacial score (nSPS) is 10.3. The summed E-state index contributed by atoms with van der Waals surface area (Å²) in [5.41, 5.74) is 2.53. The molecule has 23 heavy (non-hydrogen) atoms. The third kappa shape index (κ3) is 5.05. The minimum absolute atomic E-state index is 0.131. The van der Waals surface area contributed by atoms with Crippen LogP contribution in [0.3, 0.4) is 0 Å². The van der Waals surface area contributed by atoms with Crippen LogP contribution >= 0.6 is 23.2 Å². The summed E-state index contributed by atoms with van der Waals surface area (Å²) in [5, 5.41) is 6.91. The van der Waals surface area contributed by atoms with Crippen molar-refractivity contribution in [3.8, 4) is 5.75 Å². The Morgan fingerprint density at radius 2 is 1.91 bits per heavy atom. The molecule has 122 valence electrons. The van der Waals surface area contributed by atoms with Crippen molar-refractivity contribution in [1.82, 2.24) is 0 Å². The van der Waals surface area contributed by atoms with Gasteiger partial charge in [-0.3, -0.25) is 4.79 Å². The number of hydrogen-bond acceptors (Lipinski definition) is 3. The summed E-state index contributed by atoms with van der Waals surface area (Å²) < 4.78 is 5.29. The maximum atomic E-state index is 12.0. The van der Waals surface area contributed by atoms with Gasteiger partial charge < -0.3 is 15.4 Å². The molecule has 0 aromatic heterocycles. The predicted octanol–water partition coefficient (Wildman–Crippen LogP) is 4.75. The molecule has 2 rings (SSSR count). The number of benzene rings is 2. The third-order valence-electron chi connectivity index (χ3n) is 3.23. The predicted molar refractivity (Wildman–Crippen MR) is 95.9 cm³/mol. The summed E-state index contributed by atoms with van der Waals surface area (Å²) in [7, 11) is 1.62. The van der Waals surface area contributed by atoms with Gasteiger partial charge in [-0.05, 0) is 42.8 Å². The zero-order valence-corrected chi connectivity index (χ0v) is 14.5. The lowest BCUT2D eigenvalue weighted by molar-refractivity contribution is -0.115. The van der Waals surface area contributed by atoms with Crippen molar-refractivity contribution < 1.29 is 9.53 Å². The van der Waals surface area contributed by atoms with Crippen molar-refractivity contribution in [3.63, 3.8) is 0 Å². The van der Waals surface area contributed by atoms with Gasteiger partial charge in [0.1, 0.15) is 5.75 Å². The molecule has 0 aliphatic heterocycles. The largest absolute Gasteiger partial charge is 0.495 e. The monoisotopic (exact) mass is 352 g/mol. The molecular weight excluding hydrogens is 335 g/mol. The quantitative estimate of drug-likeness (QED) is 0.788. The van der Waals surface area contributed by atoms with E-state index < -0.39 is 0 Å². The van der Waals surface area contributed by atoms with Crippen LogP contribution in [-0.2, 0) is 4.79 Å². The molecule has 0 saturated heterocycles. The summed E-state index contributed by atoms with van der Waals surface area (Å²) in [6.45, 7) is 2.48. The minimum atomic E-state index is -0.131. The van der Waals surface area contributed by atoms with Crippen LogP contribution in [0.5, 0.6) is 5.75 Å². The number of nitrogens with one attached hydrogen (secondary N) is 2. The van der Waals surface area contributed by atoms with E-state index in [0.29, 0.717) is 28.7 Å². The van der Waals surface area contributed by atoms with Crippen LogP contribution in [0, 0.1) is 6.92 Å². The molecule has 0 spiro atoms. The van der Waals surface area contributed by atoms with Crippen molar-refractivity contribution >= 4 is 40.5 Å². The molecule has 0 heterocycles. The van der Waals surface area contributed by atoms with Crippen molar-refractivity contribution in [2.24, 2.45) is 0 Å². The summed E-state index contributed by atoms with van der Waals surface area (Å²) in [4.78, 5) is 12.0. The Labute approximate surface area is 145 Å². The Morgan fingerprint density at radius 1 is 1.13 bits per heavy atom. The molecule has 2 aromatic rings. The van der Waals surface area contributed by atoms with Crippen LogP contribution in [0.25, 0.3) is 0 Å². The summed E-state index contributed by atoms with van der Waals surface area (Å²) in [6, 6.07) is 10.8. The molecule has 0 radical (unpaired) electrons. The fraction of sp³-hybridized carbons (Fsp3) is 0.235. The molecular formula is C17H18Cl2N2O2. The van der Waals surface area contributed by atoms with Crippen molar-refractivity contribution in [1.29, 1.82) is 0 Å². The molecule has 2 aromatic carbocycles. The Kier molecular flexibility index (Phi) is 6.13. The molecule has 0 fully saturated rings. The zero-order valence-electron chi connectivity index (χ0n) is 13.0. The average Bonchev–Trinajstić information content (AvgIpc) is 2.50. The first kappa shape index (κ1) is 17.4. The molecule has 2 N–H and O–H groups in total. The molecule has 0 atom stereocenters. The minimum Gasteiger partial charge on any atom is -0.495 e. The van der Waals surface area contributed by atoms with E-state index in [9.17, 15) is 4.79 Å². The molecule has 6 heteroatoms. The fourth-order valence-electron chi connectivity index (χ4n) is 2.07. The first-order valence-corrected chi connectivity index (χ1v) is 7.88. The van der Waals surface area contributed by atoms with Crippen LogP contribution in [0.2, 0.25) is 10.0 Å². The number of halogens is 2. The highest BCUT2D eigenvalue weighted by atomic mass is 35.5. The SMILES string of the molecule is COc1ccc(C)cc1NCCC(=O)Nc1ccc(Cl)cc1Cl. The zero-order chi connectivity index (χ0) is 16.8. The molecule has 0 bridgehead atoms. The van der Waals surface area contributed by atoms with Crippen molar-refractivity contribution in [3.05, 3.63) is 52.0 Å². The van der Waals surface area contributed by atoms with E-state index in [1.165, 1.54) is 0 Å². The van der Waals surface area contributed by atoms with Gasteiger partial charge in [-0.1, -0.05) is 29.3 Å². The van der Waals surface area contributed by atoms with E-state index >= 15 is 0 Å². The number of methoxy groups -OCH3 is 1. The van der Waals surface area contributed by atoms with E-state index in [2.05, 4.69) is 10.6 Å². The first-order chi connectivity index (χ1) is 11.0. The average molecular weight is 353 g/mol. The van der Waals surface area contributed by atoms with Crippen molar-refractivity contribution in [2.75, 3.05) is 24.3 Å². The van der Waals surface area contributed by atoms with E-state index in [1.807, 2.05) is 25.1 Å². The van der Waals surface area contributed by atoms with Gasteiger partial charge in [0.25, 0.3) is 0 Å². The Balaban J connectivity index is 1.89. The number of aryl methyl sites for hydroxylation is 1. The molecule has 0 aliphatic rings. The Morgan fingerprint density at radius 3 is 2.61 bits per heavy atom. The molecule has 4 nitrogen and oxygen atoms in total. The number of ether oxygens (including phenoxy) is 1. The number of hydrogen-bond donors (Lipinski definition) is 2. The van der Waals surface area contributed by atoms with Gasteiger partial charge in [0.15, 0.2) is 0 Å². The number of carbonyl (C=O) groups is 1.